The minimum absolute atomic E-state index is 0.0203. The van der Waals surface area contributed by atoms with Gasteiger partial charge in [0.05, 0.1) is 0 Å². The van der Waals surface area contributed by atoms with E-state index in [1.807, 2.05) is 40.7 Å². The predicted molar refractivity (Wildman–Crippen MR) is 56.2 cm³/mol. The first kappa shape index (κ1) is 11.9. The first-order chi connectivity index (χ1) is 5.93. The molecule has 0 aliphatic carbocycles. The van der Waals surface area contributed by atoms with Crippen LogP contribution in [0.2, 0.25) is 0 Å². The van der Waals surface area contributed by atoms with E-state index in [-0.39, 0.29) is 11.3 Å². The molecule has 0 heterocycles. The third-order valence-electron chi connectivity index (χ3n) is 1.72. The number of carbonyl (C=O) groups is 1. The Kier molecular flexibility index (Phi) is 4.46. The zero-order valence-electron chi connectivity index (χ0n) is 9.14. The van der Waals surface area contributed by atoms with Crippen LogP contribution in [0.5, 0.6) is 0 Å². The zero-order chi connectivity index (χ0) is 10.5. The Hall–Kier alpha value is -1.05. The summed E-state index contributed by atoms with van der Waals surface area (Å²) in [5.41, 5.74) is 0.714. The minimum Gasteiger partial charge on any atom is -0.329 e. The van der Waals surface area contributed by atoms with Crippen molar-refractivity contribution >= 4 is 5.91 Å². The van der Waals surface area contributed by atoms with E-state index in [9.17, 15) is 4.79 Å². The highest BCUT2D eigenvalue weighted by atomic mass is 16.1. The molecule has 0 saturated heterocycles. The molecule has 74 valence electrons. The highest BCUT2D eigenvalue weighted by Crippen LogP contribution is 2.24. The molecule has 2 nitrogen and oxygen atoms in total. The van der Waals surface area contributed by atoms with E-state index in [4.69, 9.17) is 0 Å². The van der Waals surface area contributed by atoms with E-state index in [0.717, 1.165) is 5.57 Å². The quantitative estimate of drug-likeness (QED) is 0.652. The average Bonchev–Trinajstić information content (AvgIpc) is 1.99. The monoisotopic (exact) mass is 181 g/mol. The first-order valence-electron chi connectivity index (χ1n) is 4.52. The van der Waals surface area contributed by atoms with Crippen LogP contribution >= 0.6 is 0 Å². The predicted octanol–water partition coefficient (Wildman–Crippen LogP) is 2.63. The topological polar surface area (TPSA) is 29.1 Å². The highest BCUT2D eigenvalue weighted by Gasteiger charge is 2.21. The van der Waals surface area contributed by atoms with Crippen molar-refractivity contribution < 1.29 is 4.79 Å². The van der Waals surface area contributed by atoms with E-state index in [1.54, 1.807) is 12.3 Å². The van der Waals surface area contributed by atoms with Crippen LogP contribution in [-0.2, 0) is 4.79 Å². The van der Waals surface area contributed by atoms with E-state index in [1.165, 1.54) is 0 Å². The van der Waals surface area contributed by atoms with Crippen molar-refractivity contribution in [2.45, 2.75) is 34.6 Å². The van der Waals surface area contributed by atoms with Crippen LogP contribution in [-0.4, -0.2) is 5.91 Å². The van der Waals surface area contributed by atoms with Gasteiger partial charge >= 0.3 is 0 Å². The smallest absolute Gasteiger partial charge is 0.251 e. The second-order valence-corrected chi connectivity index (χ2v) is 3.93. The Labute approximate surface area is 80.7 Å². The Morgan fingerprint density at radius 2 is 1.77 bits per heavy atom. The normalized spacial score (nSPS) is 13.5. The first-order valence-corrected chi connectivity index (χ1v) is 4.52. The Balaban J connectivity index is 4.54. The summed E-state index contributed by atoms with van der Waals surface area (Å²) in [6.45, 7) is 9.83. The molecule has 1 N–H and O–H groups in total. The lowest BCUT2D eigenvalue weighted by molar-refractivity contribution is -0.117. The third-order valence-corrected chi connectivity index (χ3v) is 1.72. The van der Waals surface area contributed by atoms with Gasteiger partial charge in [-0.25, -0.2) is 0 Å². The van der Waals surface area contributed by atoms with Gasteiger partial charge in [-0.2, -0.15) is 0 Å². The van der Waals surface area contributed by atoms with Gasteiger partial charge < -0.3 is 5.32 Å². The fourth-order valence-electron chi connectivity index (χ4n) is 1.14. The van der Waals surface area contributed by atoms with Gasteiger partial charge in [0.1, 0.15) is 0 Å². The van der Waals surface area contributed by atoms with Crippen LogP contribution in [0.3, 0.4) is 0 Å². The average molecular weight is 181 g/mol. The van der Waals surface area contributed by atoms with Gasteiger partial charge in [-0.3, -0.25) is 4.79 Å². The summed E-state index contributed by atoms with van der Waals surface area (Å²) in [5, 5.41) is 2.70. The van der Waals surface area contributed by atoms with Crippen molar-refractivity contribution in [3.8, 4) is 0 Å². The summed E-state index contributed by atoms with van der Waals surface area (Å²) in [6.07, 6.45) is 5.31. The summed E-state index contributed by atoms with van der Waals surface area (Å²) in [7, 11) is 0. The number of rotatable bonds is 2. The van der Waals surface area contributed by atoms with Gasteiger partial charge in [-0.05, 0) is 25.5 Å². The van der Waals surface area contributed by atoms with E-state index < -0.39 is 0 Å². The molecule has 0 aliphatic heterocycles. The second-order valence-electron chi connectivity index (χ2n) is 3.93. The number of nitrogens with one attached hydrogen (secondary N) is 1. The molecular formula is C11H19NO. The number of allylic oxidation sites excluding steroid dienone is 2. The third kappa shape index (κ3) is 3.92. The van der Waals surface area contributed by atoms with Crippen LogP contribution in [0.25, 0.3) is 0 Å². The standard InChI is InChI=1S/C11H19NO/c1-6-8-12-10(13)9(7-2)11(3,4)5/h6-8H,1-5H3,(H,12,13). The van der Waals surface area contributed by atoms with Crippen molar-refractivity contribution in [3.63, 3.8) is 0 Å². The maximum atomic E-state index is 11.5. The van der Waals surface area contributed by atoms with Crippen molar-refractivity contribution in [2.75, 3.05) is 0 Å². The Morgan fingerprint density at radius 1 is 1.23 bits per heavy atom. The number of hydrogen-bond acceptors (Lipinski definition) is 1. The molecule has 0 unspecified atom stereocenters. The van der Waals surface area contributed by atoms with Crippen molar-refractivity contribution in [1.29, 1.82) is 0 Å². The fraction of sp³-hybridized carbons (Fsp3) is 0.545. The second kappa shape index (κ2) is 4.85. The Bertz CT molecular complexity index is 231. The highest BCUT2D eigenvalue weighted by molar-refractivity contribution is 5.95. The molecule has 0 aromatic rings. The molecule has 0 atom stereocenters. The number of hydrogen-bond donors (Lipinski definition) is 1. The molecule has 0 bridgehead atoms. The molecule has 2 heteroatoms. The maximum Gasteiger partial charge on any atom is 0.251 e. The van der Waals surface area contributed by atoms with Crippen molar-refractivity contribution in [2.24, 2.45) is 5.41 Å². The van der Waals surface area contributed by atoms with Crippen LogP contribution in [0.1, 0.15) is 34.6 Å². The van der Waals surface area contributed by atoms with E-state index >= 15 is 0 Å². The van der Waals surface area contributed by atoms with Gasteiger partial charge in [0, 0.05) is 5.57 Å². The SMILES string of the molecule is CC=CNC(=O)C(=CC)C(C)(C)C. The lowest BCUT2D eigenvalue weighted by Crippen LogP contribution is -2.26. The summed E-state index contributed by atoms with van der Waals surface area (Å²) in [6, 6.07) is 0. The lowest BCUT2D eigenvalue weighted by Gasteiger charge is -2.21. The van der Waals surface area contributed by atoms with Gasteiger partial charge in [0.2, 0.25) is 0 Å². The van der Waals surface area contributed by atoms with Gasteiger partial charge in [-0.15, -0.1) is 0 Å². The van der Waals surface area contributed by atoms with Crippen LogP contribution in [0.4, 0.5) is 0 Å². The molecule has 0 spiro atoms. The minimum atomic E-state index is -0.0968. The molecule has 13 heavy (non-hydrogen) atoms. The molecular weight excluding hydrogens is 162 g/mol. The van der Waals surface area contributed by atoms with E-state index in [2.05, 4.69) is 5.32 Å². The number of carbonyl (C=O) groups excluding carboxylic acids is 1. The number of amides is 1. The van der Waals surface area contributed by atoms with Gasteiger partial charge in [0.15, 0.2) is 0 Å². The largest absolute Gasteiger partial charge is 0.329 e. The van der Waals surface area contributed by atoms with Gasteiger partial charge in [-0.1, -0.05) is 32.9 Å². The summed E-state index contributed by atoms with van der Waals surface area (Å²) in [4.78, 5) is 11.5. The molecule has 0 rings (SSSR count). The van der Waals surface area contributed by atoms with Crippen molar-refractivity contribution in [1.82, 2.24) is 5.32 Å². The summed E-state index contributed by atoms with van der Waals surface area (Å²) < 4.78 is 0. The van der Waals surface area contributed by atoms with Gasteiger partial charge in [0.25, 0.3) is 5.91 Å². The van der Waals surface area contributed by atoms with Crippen LogP contribution in [0, 0.1) is 5.41 Å². The molecule has 0 aliphatic rings. The molecule has 0 saturated carbocycles. The molecule has 1 amide bonds. The molecule has 0 aromatic heterocycles. The van der Waals surface area contributed by atoms with E-state index in [0.29, 0.717) is 0 Å². The molecule has 0 fully saturated rings. The van der Waals surface area contributed by atoms with Crippen molar-refractivity contribution in [3.05, 3.63) is 23.9 Å². The maximum absolute atomic E-state index is 11.5. The molecule has 0 radical (unpaired) electrons. The lowest BCUT2D eigenvalue weighted by atomic mass is 9.86. The summed E-state index contributed by atoms with van der Waals surface area (Å²) in [5.74, 6) is -0.0203. The van der Waals surface area contributed by atoms with Crippen LogP contribution < -0.4 is 5.32 Å². The Morgan fingerprint density at radius 3 is 2.08 bits per heavy atom. The van der Waals surface area contributed by atoms with Crippen LogP contribution in [0.15, 0.2) is 23.9 Å². The molecule has 0 aromatic carbocycles. The fourth-order valence-corrected chi connectivity index (χ4v) is 1.14. The summed E-state index contributed by atoms with van der Waals surface area (Å²) >= 11 is 0. The zero-order valence-corrected chi connectivity index (χ0v) is 9.14.